The first kappa shape index (κ1) is 12.9. The van der Waals surface area contributed by atoms with E-state index in [1.54, 1.807) is 0 Å². The molecule has 17 heavy (non-hydrogen) atoms. The molecule has 2 unspecified atom stereocenters. The molecule has 1 amide bonds. The van der Waals surface area contributed by atoms with Crippen molar-refractivity contribution in [2.75, 3.05) is 13.1 Å². The average molecular weight is 238 g/mol. The van der Waals surface area contributed by atoms with Crippen LogP contribution in [-0.2, 0) is 4.79 Å². The van der Waals surface area contributed by atoms with Crippen LogP contribution >= 0.6 is 0 Å². The zero-order valence-corrected chi connectivity index (χ0v) is 11.2. The second kappa shape index (κ2) is 4.97. The average Bonchev–Trinajstić information content (AvgIpc) is 2.69. The summed E-state index contributed by atoms with van der Waals surface area (Å²) in [4.78, 5) is 14.3. The van der Waals surface area contributed by atoms with E-state index >= 15 is 0 Å². The van der Waals surface area contributed by atoms with Crippen molar-refractivity contribution in [1.82, 2.24) is 4.90 Å². The van der Waals surface area contributed by atoms with E-state index in [-0.39, 0.29) is 11.4 Å². The van der Waals surface area contributed by atoms with E-state index in [9.17, 15) is 4.79 Å². The first-order chi connectivity index (χ1) is 8.00. The smallest absolute Gasteiger partial charge is 0.224 e. The van der Waals surface area contributed by atoms with E-state index in [1.165, 1.54) is 12.8 Å². The van der Waals surface area contributed by atoms with Crippen LogP contribution in [0.25, 0.3) is 0 Å². The fourth-order valence-electron chi connectivity index (χ4n) is 3.16. The Morgan fingerprint density at radius 2 is 1.94 bits per heavy atom. The minimum absolute atomic E-state index is 0.191. The Hall–Kier alpha value is -0.570. The molecule has 1 heterocycles. The zero-order valence-electron chi connectivity index (χ0n) is 11.2. The number of hydrogen-bond acceptors (Lipinski definition) is 2. The molecule has 0 aromatic rings. The number of hydrogen-bond donors (Lipinski definition) is 1. The van der Waals surface area contributed by atoms with Gasteiger partial charge in [0.2, 0.25) is 5.91 Å². The van der Waals surface area contributed by atoms with Gasteiger partial charge in [-0.1, -0.05) is 26.7 Å². The molecule has 3 heteroatoms. The summed E-state index contributed by atoms with van der Waals surface area (Å²) in [5.41, 5.74) is 6.09. The maximum Gasteiger partial charge on any atom is 0.224 e. The molecular formula is C14H26N2O. The highest BCUT2D eigenvalue weighted by Gasteiger charge is 2.34. The van der Waals surface area contributed by atoms with Gasteiger partial charge in [0.15, 0.2) is 0 Å². The van der Waals surface area contributed by atoms with Gasteiger partial charge < -0.3 is 10.6 Å². The second-order valence-corrected chi connectivity index (χ2v) is 6.33. The van der Waals surface area contributed by atoms with Gasteiger partial charge in [-0.15, -0.1) is 0 Å². The van der Waals surface area contributed by atoms with Crippen LogP contribution < -0.4 is 5.73 Å². The van der Waals surface area contributed by atoms with Crippen LogP contribution in [0.15, 0.2) is 0 Å². The van der Waals surface area contributed by atoms with Crippen molar-refractivity contribution in [2.45, 2.75) is 57.9 Å². The summed E-state index contributed by atoms with van der Waals surface area (Å²) in [5, 5.41) is 0. The van der Waals surface area contributed by atoms with Gasteiger partial charge in [0.05, 0.1) is 0 Å². The minimum Gasteiger partial charge on any atom is -0.342 e. The van der Waals surface area contributed by atoms with Gasteiger partial charge in [-0.2, -0.15) is 0 Å². The van der Waals surface area contributed by atoms with Crippen molar-refractivity contribution in [3.05, 3.63) is 0 Å². The summed E-state index contributed by atoms with van der Waals surface area (Å²) in [6.07, 6.45) is 6.14. The molecule has 1 saturated heterocycles. The Balaban J connectivity index is 1.88. The Labute approximate surface area is 105 Å². The third kappa shape index (κ3) is 3.01. The Bertz CT molecular complexity index is 284. The molecule has 2 rings (SSSR count). The van der Waals surface area contributed by atoms with Gasteiger partial charge in [-0.05, 0) is 31.1 Å². The molecule has 2 atom stereocenters. The maximum absolute atomic E-state index is 12.3. The molecule has 1 saturated carbocycles. The normalized spacial score (nSPS) is 32.8. The Kier molecular flexibility index (Phi) is 3.76. The molecule has 0 aromatic heterocycles. The molecule has 0 bridgehead atoms. The van der Waals surface area contributed by atoms with Crippen LogP contribution in [0.5, 0.6) is 0 Å². The number of nitrogens with two attached hydrogens (primary N) is 1. The number of carbonyl (C=O) groups excluding carboxylic acids is 1. The lowest BCUT2D eigenvalue weighted by Crippen LogP contribution is -2.47. The number of carbonyl (C=O) groups is 1. The maximum atomic E-state index is 12.3. The van der Waals surface area contributed by atoms with Crippen molar-refractivity contribution in [3.63, 3.8) is 0 Å². The van der Waals surface area contributed by atoms with Gasteiger partial charge in [0.25, 0.3) is 0 Å². The predicted octanol–water partition coefficient (Wildman–Crippen LogP) is 2.15. The molecule has 3 nitrogen and oxygen atoms in total. The lowest BCUT2D eigenvalue weighted by molar-refractivity contribution is -0.134. The Morgan fingerprint density at radius 1 is 1.29 bits per heavy atom. The molecule has 0 spiro atoms. The highest BCUT2D eigenvalue weighted by Crippen LogP contribution is 2.31. The van der Waals surface area contributed by atoms with Crippen LogP contribution in [0.3, 0.4) is 0 Å². The van der Waals surface area contributed by atoms with Gasteiger partial charge in [0, 0.05) is 25.0 Å². The number of amides is 1. The quantitative estimate of drug-likeness (QED) is 0.801. The van der Waals surface area contributed by atoms with E-state index in [1.807, 2.05) is 4.90 Å². The fourth-order valence-corrected chi connectivity index (χ4v) is 3.16. The molecule has 1 aliphatic heterocycles. The lowest BCUT2D eigenvalue weighted by Gasteiger charge is -2.37. The highest BCUT2D eigenvalue weighted by molar-refractivity contribution is 5.77. The summed E-state index contributed by atoms with van der Waals surface area (Å²) < 4.78 is 0. The third-order valence-corrected chi connectivity index (χ3v) is 4.79. The standard InChI is InChI=1S/C14H26N2O/c1-11-5-8-16(10-12(11)2)13(17)9-14(15)6-3-4-7-14/h11-12H,3-10,15H2,1-2H3. The molecule has 0 radical (unpaired) electrons. The highest BCUT2D eigenvalue weighted by atomic mass is 16.2. The largest absolute Gasteiger partial charge is 0.342 e. The van der Waals surface area contributed by atoms with Crippen LogP contribution in [0.4, 0.5) is 0 Å². The molecular weight excluding hydrogens is 212 g/mol. The summed E-state index contributed by atoms with van der Waals surface area (Å²) in [5.74, 6) is 1.66. The molecule has 2 N–H and O–H groups in total. The van der Waals surface area contributed by atoms with Crippen LogP contribution in [0.2, 0.25) is 0 Å². The predicted molar refractivity (Wildman–Crippen MR) is 69.5 cm³/mol. The number of nitrogens with zero attached hydrogens (tertiary/aromatic N) is 1. The fraction of sp³-hybridized carbons (Fsp3) is 0.929. The molecule has 0 aromatic carbocycles. The summed E-state index contributed by atoms with van der Waals surface area (Å²) >= 11 is 0. The second-order valence-electron chi connectivity index (χ2n) is 6.33. The first-order valence-corrected chi connectivity index (χ1v) is 7.07. The van der Waals surface area contributed by atoms with Gasteiger partial charge in [0.1, 0.15) is 0 Å². The first-order valence-electron chi connectivity index (χ1n) is 7.07. The Morgan fingerprint density at radius 3 is 2.53 bits per heavy atom. The van der Waals surface area contributed by atoms with Crippen molar-refractivity contribution in [2.24, 2.45) is 17.6 Å². The van der Waals surface area contributed by atoms with Crippen molar-refractivity contribution >= 4 is 5.91 Å². The molecule has 2 aliphatic rings. The third-order valence-electron chi connectivity index (χ3n) is 4.79. The van der Waals surface area contributed by atoms with Gasteiger partial charge in [-0.3, -0.25) is 4.79 Å². The SMILES string of the molecule is CC1CCN(C(=O)CC2(N)CCCC2)CC1C. The monoisotopic (exact) mass is 238 g/mol. The van der Waals surface area contributed by atoms with E-state index in [2.05, 4.69) is 13.8 Å². The van der Waals surface area contributed by atoms with Crippen molar-refractivity contribution in [3.8, 4) is 0 Å². The topological polar surface area (TPSA) is 46.3 Å². The minimum atomic E-state index is -0.191. The summed E-state index contributed by atoms with van der Waals surface area (Å²) in [7, 11) is 0. The molecule has 1 aliphatic carbocycles. The molecule has 98 valence electrons. The van der Waals surface area contributed by atoms with E-state index in [0.29, 0.717) is 12.3 Å². The van der Waals surface area contributed by atoms with Gasteiger partial charge >= 0.3 is 0 Å². The summed E-state index contributed by atoms with van der Waals surface area (Å²) in [6, 6.07) is 0. The van der Waals surface area contributed by atoms with Crippen molar-refractivity contribution in [1.29, 1.82) is 0 Å². The van der Waals surface area contributed by atoms with Crippen LogP contribution in [-0.4, -0.2) is 29.4 Å². The summed E-state index contributed by atoms with van der Waals surface area (Å²) in [6.45, 7) is 6.39. The zero-order chi connectivity index (χ0) is 12.5. The van der Waals surface area contributed by atoms with Crippen LogP contribution in [0, 0.1) is 11.8 Å². The van der Waals surface area contributed by atoms with E-state index in [4.69, 9.17) is 5.73 Å². The lowest BCUT2D eigenvalue weighted by atomic mass is 9.87. The van der Waals surface area contributed by atoms with Crippen LogP contribution in [0.1, 0.15) is 52.4 Å². The van der Waals surface area contributed by atoms with E-state index < -0.39 is 0 Å². The molecule has 2 fully saturated rings. The van der Waals surface area contributed by atoms with Gasteiger partial charge in [-0.25, -0.2) is 0 Å². The van der Waals surface area contributed by atoms with E-state index in [0.717, 1.165) is 38.3 Å². The number of rotatable bonds is 2. The van der Waals surface area contributed by atoms with Crippen molar-refractivity contribution < 1.29 is 4.79 Å². The number of likely N-dealkylation sites (tertiary alicyclic amines) is 1. The number of piperidine rings is 1.